The maximum atomic E-state index is 12.0. The van der Waals surface area contributed by atoms with Crippen molar-refractivity contribution in [3.8, 4) is 0 Å². The summed E-state index contributed by atoms with van der Waals surface area (Å²) in [6.07, 6.45) is -0.629. The average molecular weight is 431 g/mol. The van der Waals surface area contributed by atoms with Crippen LogP contribution in [0.25, 0.3) is 0 Å². The fraction of sp³-hybridized carbons (Fsp3) is 0.947. The number of amides is 1. The average Bonchev–Trinajstić information content (AvgIpc) is 2.68. The number of nitrogens with two attached hydrogens (primary N) is 3. The van der Waals surface area contributed by atoms with Crippen LogP contribution < -0.4 is 33.2 Å². The molecule has 30 heavy (non-hydrogen) atoms. The lowest BCUT2D eigenvalue weighted by atomic mass is 9.86. The number of ether oxygens (including phenoxy) is 2. The molecule has 0 radical (unpaired) electrons. The minimum Gasteiger partial charge on any atom is -0.390 e. The van der Waals surface area contributed by atoms with Gasteiger partial charge in [-0.3, -0.25) is 4.79 Å². The zero-order valence-corrected chi connectivity index (χ0v) is 17.4. The van der Waals surface area contributed by atoms with E-state index in [4.69, 9.17) is 26.7 Å². The van der Waals surface area contributed by atoms with Crippen molar-refractivity contribution in [2.45, 2.75) is 87.0 Å². The van der Waals surface area contributed by atoms with Gasteiger partial charge >= 0.3 is 0 Å². The van der Waals surface area contributed by atoms with Gasteiger partial charge in [-0.15, -0.1) is 0 Å². The van der Waals surface area contributed by atoms with Crippen molar-refractivity contribution in [3.05, 3.63) is 0 Å². The maximum Gasteiger partial charge on any atom is 0.249 e. The SMILES string of the molecule is NCC[C@H](O)C(=O)N[C@H]1C[C@@H](O)C(O[C@H]2O[C@H](CN)CC[C@H]2NC2CNC2)[C@@H](N)C1. The maximum absolute atomic E-state index is 12.0. The second-order valence-electron chi connectivity index (χ2n) is 8.67. The quantitative estimate of drug-likeness (QED) is 0.182. The Bertz CT molecular complexity index is 542. The summed E-state index contributed by atoms with van der Waals surface area (Å²) in [6, 6.07) is -0.445. The normalized spacial score (nSPS) is 38.6. The second kappa shape index (κ2) is 11.1. The Kier molecular flexibility index (Phi) is 8.81. The highest BCUT2D eigenvalue weighted by Gasteiger charge is 2.42. The Balaban J connectivity index is 1.56. The van der Waals surface area contributed by atoms with Crippen LogP contribution in [0.2, 0.25) is 0 Å². The number of carbonyl (C=O) groups excluding carboxylic acids is 1. The topological polar surface area (TPSA) is 190 Å². The number of rotatable bonds is 9. The predicted molar refractivity (Wildman–Crippen MR) is 110 cm³/mol. The molecule has 2 aliphatic heterocycles. The Morgan fingerprint density at radius 2 is 2.00 bits per heavy atom. The molecule has 11 heteroatoms. The Hall–Kier alpha value is -0.890. The summed E-state index contributed by atoms with van der Waals surface area (Å²) >= 11 is 0. The third-order valence-electron chi connectivity index (χ3n) is 6.21. The fourth-order valence-corrected chi connectivity index (χ4v) is 4.35. The molecule has 1 saturated carbocycles. The molecule has 0 aromatic rings. The van der Waals surface area contributed by atoms with Crippen LogP contribution in [0.15, 0.2) is 0 Å². The van der Waals surface area contributed by atoms with Gasteiger partial charge < -0.3 is 52.8 Å². The molecule has 1 aliphatic carbocycles. The molecule has 0 aromatic heterocycles. The van der Waals surface area contributed by atoms with E-state index in [1.165, 1.54) is 0 Å². The van der Waals surface area contributed by atoms with Crippen molar-refractivity contribution < 1.29 is 24.5 Å². The molecule has 1 unspecified atom stereocenters. The van der Waals surface area contributed by atoms with Crippen LogP contribution in [0, 0.1) is 0 Å². The Morgan fingerprint density at radius 3 is 2.60 bits per heavy atom. The number of hydrogen-bond donors (Lipinski definition) is 8. The predicted octanol–water partition coefficient (Wildman–Crippen LogP) is -3.56. The van der Waals surface area contributed by atoms with E-state index in [0.29, 0.717) is 19.0 Å². The summed E-state index contributed by atoms with van der Waals surface area (Å²) in [6.45, 7) is 2.45. The van der Waals surface area contributed by atoms with E-state index in [0.717, 1.165) is 25.9 Å². The molecule has 2 saturated heterocycles. The first-order valence-electron chi connectivity index (χ1n) is 11.0. The number of aliphatic hydroxyl groups is 2. The lowest BCUT2D eigenvalue weighted by Gasteiger charge is -2.44. The Labute approximate surface area is 177 Å². The van der Waals surface area contributed by atoms with E-state index < -0.39 is 36.6 Å². The van der Waals surface area contributed by atoms with Crippen LogP contribution in [0.3, 0.4) is 0 Å². The van der Waals surface area contributed by atoms with Gasteiger partial charge in [0, 0.05) is 37.8 Å². The molecule has 0 spiro atoms. The highest BCUT2D eigenvalue weighted by atomic mass is 16.7. The zero-order valence-electron chi connectivity index (χ0n) is 17.4. The van der Waals surface area contributed by atoms with Gasteiger partial charge in [-0.25, -0.2) is 0 Å². The van der Waals surface area contributed by atoms with Crippen LogP contribution in [0.5, 0.6) is 0 Å². The lowest BCUT2D eigenvalue weighted by molar-refractivity contribution is -0.248. The first-order chi connectivity index (χ1) is 14.4. The smallest absolute Gasteiger partial charge is 0.249 e. The number of hydrogen-bond acceptors (Lipinski definition) is 10. The van der Waals surface area contributed by atoms with Crippen LogP contribution in [-0.4, -0.2) is 97.2 Å². The summed E-state index contributed by atoms with van der Waals surface area (Å²) < 4.78 is 12.3. The van der Waals surface area contributed by atoms with Crippen LogP contribution in [-0.2, 0) is 14.3 Å². The number of carbonyl (C=O) groups is 1. The molecule has 0 bridgehead atoms. The van der Waals surface area contributed by atoms with E-state index in [2.05, 4.69) is 16.0 Å². The minimum atomic E-state index is -1.16. The molecule has 3 fully saturated rings. The van der Waals surface area contributed by atoms with Gasteiger partial charge in [0.15, 0.2) is 6.29 Å². The van der Waals surface area contributed by atoms with Gasteiger partial charge in [0.25, 0.3) is 0 Å². The minimum absolute atomic E-state index is 0.00290. The molecule has 1 amide bonds. The highest BCUT2D eigenvalue weighted by Crippen LogP contribution is 2.28. The van der Waals surface area contributed by atoms with Crippen molar-refractivity contribution in [2.75, 3.05) is 26.2 Å². The molecule has 174 valence electrons. The fourth-order valence-electron chi connectivity index (χ4n) is 4.35. The summed E-state index contributed by atoms with van der Waals surface area (Å²) in [5.41, 5.74) is 17.5. The molecule has 0 aromatic carbocycles. The third-order valence-corrected chi connectivity index (χ3v) is 6.21. The van der Waals surface area contributed by atoms with E-state index in [-0.39, 0.29) is 37.6 Å². The van der Waals surface area contributed by atoms with Crippen molar-refractivity contribution in [1.29, 1.82) is 0 Å². The molecule has 8 atom stereocenters. The zero-order chi connectivity index (χ0) is 21.7. The van der Waals surface area contributed by atoms with Gasteiger partial charge in [-0.05, 0) is 38.6 Å². The molecular formula is C19H38N6O5. The number of aliphatic hydroxyl groups excluding tert-OH is 2. The van der Waals surface area contributed by atoms with Crippen molar-refractivity contribution in [2.24, 2.45) is 17.2 Å². The van der Waals surface area contributed by atoms with E-state index in [1.54, 1.807) is 0 Å². The van der Waals surface area contributed by atoms with Crippen LogP contribution in [0.4, 0.5) is 0 Å². The monoisotopic (exact) mass is 430 g/mol. The van der Waals surface area contributed by atoms with Gasteiger partial charge in [0.1, 0.15) is 12.2 Å². The van der Waals surface area contributed by atoms with Crippen LogP contribution >= 0.6 is 0 Å². The summed E-state index contributed by atoms with van der Waals surface area (Å²) in [5.74, 6) is -0.496. The number of nitrogens with one attached hydrogen (secondary N) is 3. The first kappa shape index (κ1) is 23.8. The summed E-state index contributed by atoms with van der Waals surface area (Å²) in [7, 11) is 0. The van der Waals surface area contributed by atoms with Gasteiger partial charge in [0.05, 0.1) is 18.2 Å². The van der Waals surface area contributed by atoms with E-state index in [1.807, 2.05) is 0 Å². The van der Waals surface area contributed by atoms with Gasteiger partial charge in [-0.2, -0.15) is 0 Å². The largest absolute Gasteiger partial charge is 0.390 e. The molecule has 3 rings (SSSR count). The van der Waals surface area contributed by atoms with Crippen molar-refractivity contribution in [1.82, 2.24) is 16.0 Å². The third kappa shape index (κ3) is 6.09. The molecule has 3 aliphatic rings. The van der Waals surface area contributed by atoms with Crippen molar-refractivity contribution >= 4 is 5.91 Å². The summed E-state index contributed by atoms with van der Waals surface area (Å²) in [4.78, 5) is 12.0. The Morgan fingerprint density at radius 1 is 1.23 bits per heavy atom. The van der Waals surface area contributed by atoms with Gasteiger partial charge in [-0.1, -0.05) is 0 Å². The molecule has 11 N–H and O–H groups in total. The first-order valence-corrected chi connectivity index (χ1v) is 11.0. The van der Waals surface area contributed by atoms with Crippen molar-refractivity contribution in [3.63, 3.8) is 0 Å². The molecular weight excluding hydrogens is 392 g/mol. The summed E-state index contributed by atoms with van der Waals surface area (Å²) in [5, 5.41) is 30.0. The van der Waals surface area contributed by atoms with Crippen LogP contribution in [0.1, 0.15) is 32.1 Å². The molecule has 11 nitrogen and oxygen atoms in total. The standard InChI is InChI=1S/C19H38N6O5/c20-4-3-15(26)18(28)25-10-5-13(22)17(16(27)6-10)30-19-14(24-11-8-23-9-11)2-1-12(7-21)29-19/h10-17,19,23-24,26-27H,1-9,20-22H2,(H,25,28)/t10-,12+,13+,14-,15+,16-,17?,19-/m1/s1. The lowest BCUT2D eigenvalue weighted by Crippen LogP contribution is -2.64. The van der Waals surface area contributed by atoms with Gasteiger partial charge in [0.2, 0.25) is 5.91 Å². The molecule has 2 heterocycles. The second-order valence-corrected chi connectivity index (χ2v) is 8.67. The van der Waals surface area contributed by atoms with E-state index in [9.17, 15) is 15.0 Å². The highest BCUT2D eigenvalue weighted by molar-refractivity contribution is 5.80. The van der Waals surface area contributed by atoms with E-state index >= 15 is 0 Å².